The van der Waals surface area contributed by atoms with E-state index in [0.29, 0.717) is 0 Å². The van der Waals surface area contributed by atoms with E-state index in [1.165, 1.54) is 0 Å². The number of ether oxygens (including phenoxy) is 2. The van der Waals surface area contributed by atoms with E-state index in [1.807, 2.05) is 72.8 Å². The number of fused-ring (bicyclic) bond motifs is 4. The van der Waals surface area contributed by atoms with Crippen molar-refractivity contribution >= 4 is 34.1 Å². The summed E-state index contributed by atoms with van der Waals surface area (Å²) < 4.78 is 12.5. The highest BCUT2D eigenvalue weighted by Gasteiger charge is 2.31. The minimum atomic E-state index is 0.832. The van der Waals surface area contributed by atoms with Crippen molar-refractivity contribution in [1.29, 1.82) is 0 Å². The van der Waals surface area contributed by atoms with Crippen LogP contribution in [0.4, 0.5) is 34.1 Å². The second-order valence-electron chi connectivity index (χ2n) is 8.23. The Morgan fingerprint density at radius 1 is 0.294 bits per heavy atom. The third-order valence-electron chi connectivity index (χ3n) is 6.23. The van der Waals surface area contributed by atoms with Crippen molar-refractivity contribution in [1.82, 2.24) is 0 Å². The molecule has 0 aliphatic carbocycles. The predicted molar refractivity (Wildman–Crippen MR) is 136 cm³/mol. The topological polar surface area (TPSA) is 24.9 Å². The largest absolute Gasteiger partial charge is 0.453 e. The summed E-state index contributed by atoms with van der Waals surface area (Å²) in [5.74, 6) is 3.33. The second-order valence-corrected chi connectivity index (χ2v) is 8.23. The molecule has 0 radical (unpaired) electrons. The number of rotatable bonds is 2. The van der Waals surface area contributed by atoms with Crippen LogP contribution in [0.25, 0.3) is 0 Å². The van der Waals surface area contributed by atoms with Crippen LogP contribution in [-0.2, 0) is 0 Å². The summed E-state index contributed by atoms with van der Waals surface area (Å²) in [6.07, 6.45) is 0. The zero-order valence-corrected chi connectivity index (χ0v) is 18.3. The lowest BCUT2D eigenvalue weighted by Gasteiger charge is -2.38. The van der Waals surface area contributed by atoms with Crippen LogP contribution in [0.3, 0.4) is 0 Å². The molecule has 5 aromatic carbocycles. The Balaban J connectivity index is 1.50. The van der Waals surface area contributed by atoms with Gasteiger partial charge in [-0.25, -0.2) is 0 Å². The maximum atomic E-state index is 6.25. The lowest BCUT2D eigenvalue weighted by Crippen LogP contribution is -2.21. The Hall–Kier alpha value is -4.70. The molecule has 7 rings (SSSR count). The molecule has 34 heavy (non-hydrogen) atoms. The van der Waals surface area contributed by atoms with E-state index in [4.69, 9.17) is 9.47 Å². The molecule has 2 aliphatic heterocycles. The third-order valence-corrected chi connectivity index (χ3v) is 6.23. The summed E-state index contributed by atoms with van der Waals surface area (Å²) in [6, 6.07) is 41.2. The molecule has 0 N–H and O–H groups in total. The van der Waals surface area contributed by atoms with Gasteiger partial charge in [-0.3, -0.25) is 0 Å². The molecule has 0 fully saturated rings. The van der Waals surface area contributed by atoms with Gasteiger partial charge in [0.2, 0.25) is 0 Å². The van der Waals surface area contributed by atoms with Crippen LogP contribution in [0, 0.1) is 0 Å². The summed E-state index contributed by atoms with van der Waals surface area (Å²) in [5, 5.41) is 0. The molecule has 5 aromatic rings. The van der Waals surface area contributed by atoms with Crippen molar-refractivity contribution in [2.75, 3.05) is 9.80 Å². The van der Waals surface area contributed by atoms with E-state index in [1.54, 1.807) is 0 Å². The van der Waals surface area contributed by atoms with Gasteiger partial charge in [0.05, 0.1) is 34.1 Å². The first-order chi connectivity index (χ1) is 16.9. The van der Waals surface area contributed by atoms with Gasteiger partial charge in [0.1, 0.15) is 0 Å². The molecule has 2 heterocycles. The normalized spacial score (nSPS) is 13.1. The highest BCUT2D eigenvalue weighted by Crippen LogP contribution is 2.56. The SMILES string of the molecule is c1ccc2c(c1)Oc1ccccc1N2c1ccccc1N1c2ccccc2Oc2ccccc21. The fourth-order valence-electron chi connectivity index (χ4n) is 4.77. The first kappa shape index (κ1) is 18.8. The van der Waals surface area contributed by atoms with Gasteiger partial charge >= 0.3 is 0 Å². The molecular formula is C30H20N2O2. The van der Waals surface area contributed by atoms with Gasteiger partial charge in [0.25, 0.3) is 0 Å². The Morgan fingerprint density at radius 3 is 0.824 bits per heavy atom. The maximum Gasteiger partial charge on any atom is 0.151 e. The molecule has 162 valence electrons. The van der Waals surface area contributed by atoms with Crippen LogP contribution < -0.4 is 19.3 Å². The highest BCUT2D eigenvalue weighted by atomic mass is 16.5. The Bertz CT molecular complexity index is 1340. The number of hydrogen-bond acceptors (Lipinski definition) is 4. The molecule has 4 nitrogen and oxygen atoms in total. The van der Waals surface area contributed by atoms with Crippen LogP contribution in [0.15, 0.2) is 121 Å². The van der Waals surface area contributed by atoms with Crippen LogP contribution in [0.2, 0.25) is 0 Å². The lowest BCUT2D eigenvalue weighted by atomic mass is 10.1. The minimum absolute atomic E-state index is 0.832. The van der Waals surface area contributed by atoms with Crippen molar-refractivity contribution in [3.63, 3.8) is 0 Å². The van der Waals surface area contributed by atoms with Crippen molar-refractivity contribution in [3.8, 4) is 23.0 Å². The van der Waals surface area contributed by atoms with Gasteiger partial charge in [-0.1, -0.05) is 60.7 Å². The number of benzene rings is 5. The van der Waals surface area contributed by atoms with Crippen LogP contribution >= 0.6 is 0 Å². The van der Waals surface area contributed by atoms with E-state index >= 15 is 0 Å². The van der Waals surface area contributed by atoms with E-state index in [2.05, 4.69) is 58.3 Å². The Labute approximate surface area is 197 Å². The van der Waals surface area contributed by atoms with E-state index in [9.17, 15) is 0 Å². The Kier molecular flexibility index (Phi) is 4.11. The summed E-state index contributed by atoms with van der Waals surface area (Å²) in [5.41, 5.74) is 6.12. The molecule has 2 aliphatic rings. The van der Waals surface area contributed by atoms with Gasteiger partial charge in [0, 0.05) is 0 Å². The van der Waals surface area contributed by atoms with Gasteiger partial charge in [-0.2, -0.15) is 0 Å². The number of hydrogen-bond donors (Lipinski definition) is 0. The third kappa shape index (κ3) is 2.79. The molecule has 0 amide bonds. The lowest BCUT2D eigenvalue weighted by molar-refractivity contribution is 0.476. The molecule has 0 bridgehead atoms. The van der Waals surface area contributed by atoms with Crippen LogP contribution in [0.1, 0.15) is 0 Å². The quantitative estimate of drug-likeness (QED) is 0.268. The number of para-hydroxylation sites is 10. The molecule has 4 heteroatoms. The number of anilines is 6. The van der Waals surface area contributed by atoms with Crippen molar-refractivity contribution < 1.29 is 9.47 Å². The number of nitrogens with zero attached hydrogens (tertiary/aromatic N) is 2. The fourth-order valence-corrected chi connectivity index (χ4v) is 4.77. The average Bonchev–Trinajstić information content (AvgIpc) is 2.90. The first-order valence-corrected chi connectivity index (χ1v) is 11.3. The van der Waals surface area contributed by atoms with Gasteiger partial charge in [0.15, 0.2) is 23.0 Å². The van der Waals surface area contributed by atoms with Crippen molar-refractivity contribution in [2.45, 2.75) is 0 Å². The second kappa shape index (κ2) is 7.42. The first-order valence-electron chi connectivity index (χ1n) is 11.3. The van der Waals surface area contributed by atoms with E-state index in [0.717, 1.165) is 57.1 Å². The molecule has 0 saturated heterocycles. The summed E-state index contributed by atoms with van der Waals surface area (Å²) in [4.78, 5) is 4.56. The van der Waals surface area contributed by atoms with E-state index < -0.39 is 0 Å². The predicted octanol–water partition coefficient (Wildman–Crippen LogP) is 8.84. The summed E-state index contributed by atoms with van der Waals surface area (Å²) in [6.45, 7) is 0. The molecule has 0 saturated carbocycles. The van der Waals surface area contributed by atoms with Gasteiger partial charge in [-0.05, 0) is 60.7 Å². The monoisotopic (exact) mass is 440 g/mol. The summed E-state index contributed by atoms with van der Waals surface area (Å²) >= 11 is 0. The Morgan fingerprint density at radius 2 is 0.529 bits per heavy atom. The van der Waals surface area contributed by atoms with E-state index in [-0.39, 0.29) is 0 Å². The standard InChI is InChI=1S/C30H20N2O2/c1-2-12-22(32-25-15-5-9-19-29(25)34-30-20-10-6-16-26(30)32)21(11-1)31-23-13-3-7-17-27(23)33-28-18-8-4-14-24(28)31/h1-20H. The van der Waals surface area contributed by atoms with Gasteiger partial charge < -0.3 is 19.3 Å². The molecule has 0 spiro atoms. The zero-order chi connectivity index (χ0) is 22.5. The van der Waals surface area contributed by atoms with Gasteiger partial charge in [-0.15, -0.1) is 0 Å². The molecule has 0 atom stereocenters. The maximum absolute atomic E-state index is 6.25. The molecule has 0 unspecified atom stereocenters. The highest BCUT2D eigenvalue weighted by molar-refractivity contribution is 5.97. The summed E-state index contributed by atoms with van der Waals surface area (Å²) in [7, 11) is 0. The zero-order valence-electron chi connectivity index (χ0n) is 18.3. The average molecular weight is 441 g/mol. The smallest absolute Gasteiger partial charge is 0.151 e. The van der Waals surface area contributed by atoms with Crippen LogP contribution in [0.5, 0.6) is 23.0 Å². The fraction of sp³-hybridized carbons (Fsp3) is 0. The molecule has 0 aromatic heterocycles. The van der Waals surface area contributed by atoms with Crippen molar-refractivity contribution in [2.24, 2.45) is 0 Å². The molecular weight excluding hydrogens is 420 g/mol. The van der Waals surface area contributed by atoms with Crippen molar-refractivity contribution in [3.05, 3.63) is 121 Å². The van der Waals surface area contributed by atoms with Crippen LogP contribution in [-0.4, -0.2) is 0 Å². The minimum Gasteiger partial charge on any atom is -0.453 e.